The van der Waals surface area contributed by atoms with Crippen LogP contribution in [0, 0.1) is 5.82 Å². The fourth-order valence-corrected chi connectivity index (χ4v) is 1.89. The van der Waals surface area contributed by atoms with E-state index in [4.69, 9.17) is 0 Å². The Balaban J connectivity index is 2.32. The molecule has 4 heteroatoms. The van der Waals surface area contributed by atoms with Gasteiger partial charge in [0.1, 0.15) is 5.82 Å². The zero-order valence-electron chi connectivity index (χ0n) is 9.24. The van der Waals surface area contributed by atoms with Gasteiger partial charge in [0.2, 0.25) is 0 Å². The molecule has 2 rings (SSSR count). The Morgan fingerprint density at radius 1 is 1.06 bits per heavy atom. The van der Waals surface area contributed by atoms with Crippen LogP contribution < -0.4 is 0 Å². The Hall–Kier alpha value is -1.55. The van der Waals surface area contributed by atoms with Gasteiger partial charge in [-0.2, -0.15) is 0 Å². The molecule has 0 aliphatic rings. The molecule has 0 aromatic heterocycles. The molecule has 0 amide bonds. The van der Waals surface area contributed by atoms with Crippen LogP contribution in [0.5, 0.6) is 0 Å². The monoisotopic (exact) mass is 310 g/mol. The van der Waals surface area contributed by atoms with Crippen LogP contribution >= 0.6 is 15.9 Å². The molecule has 0 N–H and O–H groups in total. The van der Waals surface area contributed by atoms with Crippen LogP contribution in [0.15, 0.2) is 48.5 Å². The van der Waals surface area contributed by atoms with Crippen molar-refractivity contribution in [3.05, 3.63) is 71.0 Å². The van der Waals surface area contributed by atoms with Crippen LogP contribution in [0.2, 0.25) is 0 Å². The van der Waals surface area contributed by atoms with Crippen molar-refractivity contribution in [1.29, 1.82) is 0 Å². The fraction of sp³-hybridized carbons (Fsp3) is 0.0714. The molecular weight excluding hydrogens is 302 g/mol. The first-order valence-electron chi connectivity index (χ1n) is 5.27. The molecule has 1 nitrogen and oxygen atoms in total. The van der Waals surface area contributed by atoms with Crippen molar-refractivity contribution in [2.45, 2.75) is 5.08 Å². The fourth-order valence-electron chi connectivity index (χ4n) is 1.58. The normalized spacial score (nSPS) is 12.2. The summed E-state index contributed by atoms with van der Waals surface area (Å²) in [5.41, 5.74) is 0.762. The molecule has 0 saturated carbocycles. The van der Waals surface area contributed by atoms with Crippen molar-refractivity contribution in [2.24, 2.45) is 0 Å². The second-order valence-corrected chi connectivity index (χ2v) is 4.54. The van der Waals surface area contributed by atoms with Gasteiger partial charge in [-0.1, -0.05) is 36.4 Å². The SMILES string of the molecule is O=C(c1ccc(C(F)Br)cc1)c1ccccc1F. The zero-order valence-corrected chi connectivity index (χ0v) is 10.8. The average molecular weight is 311 g/mol. The van der Waals surface area contributed by atoms with Crippen molar-refractivity contribution in [1.82, 2.24) is 0 Å². The Labute approximate surface area is 112 Å². The van der Waals surface area contributed by atoms with Gasteiger partial charge in [-0.3, -0.25) is 4.79 Å². The molecule has 18 heavy (non-hydrogen) atoms. The smallest absolute Gasteiger partial charge is 0.195 e. The minimum absolute atomic E-state index is 0.0147. The van der Waals surface area contributed by atoms with Gasteiger partial charge in [0, 0.05) is 5.56 Å². The van der Waals surface area contributed by atoms with E-state index in [9.17, 15) is 13.6 Å². The highest BCUT2D eigenvalue weighted by Crippen LogP contribution is 2.24. The molecule has 0 radical (unpaired) electrons. The number of ketones is 1. The number of hydrogen-bond acceptors (Lipinski definition) is 1. The lowest BCUT2D eigenvalue weighted by molar-refractivity contribution is 0.103. The van der Waals surface area contributed by atoms with Crippen LogP contribution in [-0.4, -0.2) is 5.78 Å². The van der Waals surface area contributed by atoms with Gasteiger partial charge in [-0.25, -0.2) is 8.78 Å². The standard InChI is InChI=1S/C14H9BrF2O/c15-14(17)10-7-5-9(6-8-10)13(18)11-3-1-2-4-12(11)16/h1-8,14H. The summed E-state index contributed by atoms with van der Waals surface area (Å²) in [6.45, 7) is 0. The number of alkyl halides is 2. The Kier molecular flexibility index (Phi) is 3.87. The van der Waals surface area contributed by atoms with E-state index < -0.39 is 16.7 Å². The molecule has 0 heterocycles. The van der Waals surface area contributed by atoms with E-state index in [0.717, 1.165) is 0 Å². The maximum absolute atomic E-state index is 13.4. The summed E-state index contributed by atoms with van der Waals surface area (Å²) < 4.78 is 26.4. The average Bonchev–Trinajstić information content (AvgIpc) is 2.38. The third-order valence-corrected chi connectivity index (χ3v) is 3.07. The summed E-state index contributed by atoms with van der Waals surface area (Å²) in [6.07, 6.45) is 0. The second kappa shape index (κ2) is 5.40. The lowest BCUT2D eigenvalue weighted by atomic mass is 10.0. The highest BCUT2D eigenvalue weighted by Gasteiger charge is 2.13. The number of carbonyl (C=O) groups is 1. The topological polar surface area (TPSA) is 17.1 Å². The van der Waals surface area contributed by atoms with Gasteiger partial charge in [0.25, 0.3) is 0 Å². The molecule has 1 atom stereocenters. The van der Waals surface area contributed by atoms with Gasteiger partial charge in [-0.15, -0.1) is 0 Å². The van der Waals surface area contributed by atoms with Crippen molar-refractivity contribution >= 4 is 21.7 Å². The minimum Gasteiger partial charge on any atom is -0.288 e. The van der Waals surface area contributed by atoms with Crippen molar-refractivity contribution in [3.63, 3.8) is 0 Å². The van der Waals surface area contributed by atoms with Gasteiger partial charge < -0.3 is 0 Å². The number of halogens is 3. The van der Waals surface area contributed by atoms with Crippen molar-refractivity contribution in [3.8, 4) is 0 Å². The van der Waals surface area contributed by atoms with Gasteiger partial charge in [-0.05, 0) is 33.6 Å². The van der Waals surface area contributed by atoms with Crippen LogP contribution in [0.1, 0.15) is 26.6 Å². The number of benzene rings is 2. The Bertz CT molecular complexity index is 564. The van der Waals surface area contributed by atoms with Gasteiger partial charge in [0.15, 0.2) is 10.9 Å². The second-order valence-electron chi connectivity index (χ2n) is 3.73. The largest absolute Gasteiger partial charge is 0.288 e. The molecule has 0 saturated heterocycles. The molecular formula is C14H9BrF2O. The lowest BCUT2D eigenvalue weighted by Gasteiger charge is -2.04. The van der Waals surface area contributed by atoms with E-state index in [1.807, 2.05) is 0 Å². The van der Waals surface area contributed by atoms with E-state index in [0.29, 0.717) is 11.1 Å². The zero-order chi connectivity index (χ0) is 13.1. The third-order valence-electron chi connectivity index (χ3n) is 2.54. The van der Waals surface area contributed by atoms with Crippen LogP contribution in [0.3, 0.4) is 0 Å². The van der Waals surface area contributed by atoms with Crippen molar-refractivity contribution < 1.29 is 13.6 Å². The molecule has 2 aromatic rings. The summed E-state index contributed by atoms with van der Waals surface area (Å²) in [4.78, 5) is 12.0. The predicted octanol–water partition coefficient (Wildman–Crippen LogP) is 4.42. The molecule has 1 unspecified atom stereocenters. The summed E-state index contributed by atoms with van der Waals surface area (Å²) in [6, 6.07) is 11.7. The molecule has 0 aliphatic heterocycles. The molecule has 0 spiro atoms. The third kappa shape index (κ3) is 2.64. The molecule has 0 aliphatic carbocycles. The first-order chi connectivity index (χ1) is 8.59. The minimum atomic E-state index is -1.27. The lowest BCUT2D eigenvalue weighted by Crippen LogP contribution is -2.04. The maximum Gasteiger partial charge on any atom is 0.195 e. The van der Waals surface area contributed by atoms with Crippen LogP contribution in [-0.2, 0) is 0 Å². The van der Waals surface area contributed by atoms with Crippen LogP contribution in [0.4, 0.5) is 8.78 Å². The van der Waals surface area contributed by atoms with Gasteiger partial charge >= 0.3 is 0 Å². The van der Waals surface area contributed by atoms with E-state index in [1.54, 1.807) is 6.07 Å². The summed E-state index contributed by atoms with van der Waals surface area (Å²) in [5.74, 6) is -0.972. The van der Waals surface area contributed by atoms with Crippen molar-refractivity contribution in [2.75, 3.05) is 0 Å². The first-order valence-corrected chi connectivity index (χ1v) is 6.18. The first kappa shape index (κ1) is 12.9. The Morgan fingerprint density at radius 3 is 2.22 bits per heavy atom. The Morgan fingerprint density at radius 2 is 1.67 bits per heavy atom. The van der Waals surface area contributed by atoms with Gasteiger partial charge in [0.05, 0.1) is 5.56 Å². The van der Waals surface area contributed by atoms with E-state index >= 15 is 0 Å². The summed E-state index contributed by atoms with van der Waals surface area (Å²) in [7, 11) is 0. The molecule has 0 fully saturated rings. The molecule has 0 bridgehead atoms. The highest BCUT2D eigenvalue weighted by molar-refractivity contribution is 9.09. The summed E-state index contributed by atoms with van der Waals surface area (Å²) >= 11 is 2.79. The number of rotatable bonds is 3. The van der Waals surface area contributed by atoms with E-state index in [2.05, 4.69) is 15.9 Å². The number of hydrogen-bond donors (Lipinski definition) is 0. The molecule has 2 aromatic carbocycles. The predicted molar refractivity (Wildman–Crippen MR) is 69.1 cm³/mol. The number of carbonyl (C=O) groups excluding carboxylic acids is 1. The summed E-state index contributed by atoms with van der Waals surface area (Å²) in [5, 5.41) is -1.27. The molecule has 92 valence electrons. The van der Waals surface area contributed by atoms with E-state index in [1.165, 1.54) is 42.5 Å². The van der Waals surface area contributed by atoms with E-state index in [-0.39, 0.29) is 5.56 Å². The maximum atomic E-state index is 13.4. The quantitative estimate of drug-likeness (QED) is 0.606. The highest BCUT2D eigenvalue weighted by atomic mass is 79.9. The van der Waals surface area contributed by atoms with Crippen LogP contribution in [0.25, 0.3) is 0 Å².